The van der Waals surface area contributed by atoms with E-state index in [1.165, 1.54) is 0 Å². The molecule has 0 aromatic carbocycles. The molecular weight excluding hydrogens is 346 g/mol. The van der Waals surface area contributed by atoms with Crippen LogP contribution in [-0.2, 0) is 13.1 Å². The molecule has 0 aliphatic rings. The lowest BCUT2D eigenvalue weighted by Gasteiger charge is -2.13. The van der Waals surface area contributed by atoms with Gasteiger partial charge in [-0.05, 0) is 32.3 Å². The van der Waals surface area contributed by atoms with Crippen molar-refractivity contribution in [1.82, 2.24) is 25.2 Å². The third-order valence-electron chi connectivity index (χ3n) is 3.72. The topological polar surface area (TPSA) is 63.2 Å². The predicted molar refractivity (Wildman–Crippen MR) is 104 cm³/mol. The van der Waals surface area contributed by atoms with Gasteiger partial charge >= 0.3 is 0 Å². The van der Waals surface area contributed by atoms with Crippen LogP contribution in [0.4, 0.5) is 0 Å². The maximum Gasteiger partial charge on any atom is 0.142 e. The third kappa shape index (κ3) is 5.32. The fourth-order valence-electron chi connectivity index (χ4n) is 2.34. The zero-order valence-corrected chi connectivity index (χ0v) is 15.9. The monoisotopic (exact) mass is 369 g/mol. The predicted octanol–water partition coefficient (Wildman–Crippen LogP) is 2.83. The maximum absolute atomic E-state index is 5.85. The lowest BCUT2D eigenvalue weighted by Crippen LogP contribution is -2.20. The SMILES string of the molecule is CN(C)CCOc1cnccc1CNCc1csc(-c2ccccn2)n1. The maximum atomic E-state index is 5.85. The van der Waals surface area contributed by atoms with Crippen molar-refractivity contribution >= 4 is 11.3 Å². The summed E-state index contributed by atoms with van der Waals surface area (Å²) in [6, 6.07) is 7.85. The summed E-state index contributed by atoms with van der Waals surface area (Å²) in [6.45, 7) is 2.92. The van der Waals surface area contributed by atoms with Gasteiger partial charge in [0, 0.05) is 43.0 Å². The van der Waals surface area contributed by atoms with E-state index in [1.54, 1.807) is 29.9 Å². The van der Waals surface area contributed by atoms with Crippen molar-refractivity contribution in [2.24, 2.45) is 0 Å². The fourth-order valence-corrected chi connectivity index (χ4v) is 3.14. The summed E-state index contributed by atoms with van der Waals surface area (Å²) >= 11 is 1.61. The second-order valence-corrected chi connectivity index (χ2v) is 6.96. The molecule has 1 N–H and O–H groups in total. The normalized spacial score (nSPS) is 11.0. The summed E-state index contributed by atoms with van der Waals surface area (Å²) in [5.41, 5.74) is 3.02. The van der Waals surface area contributed by atoms with Gasteiger partial charge in [0.05, 0.1) is 17.6 Å². The summed E-state index contributed by atoms with van der Waals surface area (Å²) in [6.07, 6.45) is 5.35. The quantitative estimate of drug-likeness (QED) is 0.626. The summed E-state index contributed by atoms with van der Waals surface area (Å²) in [5.74, 6) is 0.828. The van der Waals surface area contributed by atoms with Gasteiger partial charge in [0.1, 0.15) is 17.4 Å². The average Bonchev–Trinajstić information content (AvgIpc) is 3.12. The minimum atomic E-state index is 0.644. The first-order valence-corrected chi connectivity index (χ1v) is 9.37. The first kappa shape index (κ1) is 18.4. The molecule has 0 aliphatic heterocycles. The number of likely N-dealkylation sites (N-methyl/N-ethyl adjacent to an activating group) is 1. The number of nitrogens with zero attached hydrogens (tertiary/aromatic N) is 4. The standard InChI is InChI=1S/C19H23N5OS/c1-24(2)9-10-25-18-13-20-8-6-15(18)11-21-12-16-14-26-19(23-16)17-5-3-4-7-22-17/h3-8,13-14,21H,9-12H2,1-2H3. The molecule has 0 amide bonds. The number of nitrogens with one attached hydrogen (secondary N) is 1. The number of rotatable bonds is 9. The van der Waals surface area contributed by atoms with Crippen molar-refractivity contribution in [1.29, 1.82) is 0 Å². The molecule has 0 aliphatic carbocycles. The average molecular weight is 369 g/mol. The van der Waals surface area contributed by atoms with Crippen LogP contribution in [0.1, 0.15) is 11.3 Å². The smallest absolute Gasteiger partial charge is 0.142 e. The van der Waals surface area contributed by atoms with Gasteiger partial charge in [0.2, 0.25) is 0 Å². The molecule has 0 bridgehead atoms. The molecule has 136 valence electrons. The summed E-state index contributed by atoms with van der Waals surface area (Å²) in [7, 11) is 4.06. The molecule has 0 atom stereocenters. The minimum Gasteiger partial charge on any atom is -0.490 e. The van der Waals surface area contributed by atoms with Crippen LogP contribution in [0.15, 0.2) is 48.2 Å². The third-order valence-corrected chi connectivity index (χ3v) is 4.64. The van der Waals surface area contributed by atoms with E-state index >= 15 is 0 Å². The van der Waals surface area contributed by atoms with E-state index in [9.17, 15) is 0 Å². The van der Waals surface area contributed by atoms with Gasteiger partial charge in [-0.1, -0.05) is 6.07 Å². The Hall–Kier alpha value is -2.35. The minimum absolute atomic E-state index is 0.644. The zero-order chi connectivity index (χ0) is 18.2. The molecule has 26 heavy (non-hydrogen) atoms. The lowest BCUT2D eigenvalue weighted by atomic mass is 10.2. The van der Waals surface area contributed by atoms with Gasteiger partial charge in [0.15, 0.2) is 0 Å². The summed E-state index contributed by atoms with van der Waals surface area (Å²) in [5, 5.41) is 6.44. The molecule has 3 rings (SSSR count). The summed E-state index contributed by atoms with van der Waals surface area (Å²) in [4.78, 5) is 15.2. The van der Waals surface area contributed by atoms with Gasteiger partial charge < -0.3 is 15.0 Å². The van der Waals surface area contributed by atoms with Crippen LogP contribution in [0.3, 0.4) is 0 Å². The zero-order valence-electron chi connectivity index (χ0n) is 15.1. The van der Waals surface area contributed by atoms with Gasteiger partial charge in [0.25, 0.3) is 0 Å². The Kier molecular flexibility index (Phi) is 6.65. The number of aromatic nitrogens is 3. The molecular formula is C19H23N5OS. The van der Waals surface area contributed by atoms with Crippen molar-refractivity contribution in [3.63, 3.8) is 0 Å². The van der Waals surface area contributed by atoms with Crippen molar-refractivity contribution in [2.45, 2.75) is 13.1 Å². The highest BCUT2D eigenvalue weighted by atomic mass is 32.1. The molecule has 0 saturated heterocycles. The van der Waals surface area contributed by atoms with Crippen molar-refractivity contribution in [2.75, 3.05) is 27.2 Å². The van der Waals surface area contributed by atoms with Crippen molar-refractivity contribution < 1.29 is 4.74 Å². The molecule has 0 radical (unpaired) electrons. The van der Waals surface area contributed by atoms with Gasteiger partial charge in [-0.25, -0.2) is 4.98 Å². The Morgan fingerprint density at radius 3 is 2.88 bits per heavy atom. The molecule has 3 aromatic heterocycles. The largest absolute Gasteiger partial charge is 0.490 e. The number of pyridine rings is 2. The van der Waals surface area contributed by atoms with Crippen molar-refractivity contribution in [3.05, 3.63) is 59.5 Å². The molecule has 3 aromatic rings. The number of hydrogen-bond acceptors (Lipinski definition) is 7. The molecule has 6 nitrogen and oxygen atoms in total. The van der Waals surface area contributed by atoms with Gasteiger partial charge in [-0.3, -0.25) is 9.97 Å². The molecule has 0 saturated carbocycles. The Bertz CT molecular complexity index is 806. The van der Waals surface area contributed by atoms with E-state index in [1.807, 2.05) is 38.4 Å². The van der Waals surface area contributed by atoms with Crippen LogP contribution < -0.4 is 10.1 Å². The highest BCUT2D eigenvalue weighted by Gasteiger charge is 2.07. The highest BCUT2D eigenvalue weighted by Crippen LogP contribution is 2.21. The van der Waals surface area contributed by atoms with E-state index in [0.717, 1.165) is 34.3 Å². The molecule has 0 fully saturated rings. The van der Waals surface area contributed by atoms with Crippen molar-refractivity contribution in [3.8, 4) is 16.5 Å². The van der Waals surface area contributed by atoms with E-state index in [0.29, 0.717) is 19.7 Å². The van der Waals surface area contributed by atoms with Crippen LogP contribution in [0, 0.1) is 0 Å². The van der Waals surface area contributed by atoms with E-state index in [2.05, 4.69) is 30.5 Å². The Balaban J connectivity index is 1.53. The second kappa shape index (κ2) is 9.38. The Morgan fingerprint density at radius 1 is 1.15 bits per heavy atom. The van der Waals surface area contributed by atoms with Gasteiger partial charge in [-0.15, -0.1) is 11.3 Å². The van der Waals surface area contributed by atoms with Crippen LogP contribution in [0.25, 0.3) is 10.7 Å². The molecule has 0 spiro atoms. The lowest BCUT2D eigenvalue weighted by molar-refractivity contribution is 0.258. The van der Waals surface area contributed by atoms with Gasteiger partial charge in [-0.2, -0.15) is 0 Å². The molecule has 7 heteroatoms. The fraction of sp³-hybridized carbons (Fsp3) is 0.316. The van der Waals surface area contributed by atoms with Crippen LogP contribution in [0.2, 0.25) is 0 Å². The van der Waals surface area contributed by atoms with E-state index in [-0.39, 0.29) is 0 Å². The Morgan fingerprint density at radius 2 is 2.08 bits per heavy atom. The Labute approximate surface area is 157 Å². The highest BCUT2D eigenvalue weighted by molar-refractivity contribution is 7.13. The van der Waals surface area contributed by atoms with Crippen LogP contribution >= 0.6 is 11.3 Å². The number of thiazole rings is 1. The molecule has 0 unspecified atom stereocenters. The first-order valence-electron chi connectivity index (χ1n) is 8.49. The molecule has 3 heterocycles. The number of ether oxygens (including phenoxy) is 1. The summed E-state index contributed by atoms with van der Waals surface area (Å²) < 4.78 is 5.85. The first-order chi connectivity index (χ1) is 12.7. The van der Waals surface area contributed by atoms with Crippen LogP contribution in [0.5, 0.6) is 5.75 Å². The van der Waals surface area contributed by atoms with E-state index in [4.69, 9.17) is 4.74 Å². The van der Waals surface area contributed by atoms with E-state index < -0.39 is 0 Å². The second-order valence-electron chi connectivity index (χ2n) is 6.10. The number of hydrogen-bond donors (Lipinski definition) is 1. The van der Waals surface area contributed by atoms with Crippen LogP contribution in [-0.4, -0.2) is 47.1 Å².